The van der Waals surface area contributed by atoms with E-state index in [0.29, 0.717) is 0 Å². The minimum atomic E-state index is 0.209. The van der Waals surface area contributed by atoms with E-state index in [1.54, 1.807) is 6.26 Å². The fraction of sp³-hybridized carbons (Fsp3) is 0.267. The monoisotopic (exact) mass is 256 g/mol. The Morgan fingerprint density at radius 1 is 1.26 bits per heavy atom. The van der Waals surface area contributed by atoms with Gasteiger partial charge in [0.2, 0.25) is 0 Å². The standard InChI is InChI=1S/C15H16N2O2/c18-7-3-4-12-9-16-15(17-12)8-11-10-19-14-6-2-1-5-13(11)14/h1-2,5-6,9-10,18H,3-4,7-8H2,(H,16,17). The predicted octanol–water partition coefficient (Wildman–Crippen LogP) is 2.67. The van der Waals surface area contributed by atoms with Crippen molar-refractivity contribution in [1.29, 1.82) is 0 Å². The lowest BCUT2D eigenvalue weighted by molar-refractivity contribution is 0.288. The summed E-state index contributed by atoms with van der Waals surface area (Å²) in [6.07, 6.45) is 5.95. The normalized spacial score (nSPS) is 11.2. The zero-order valence-electron chi connectivity index (χ0n) is 10.6. The fourth-order valence-electron chi connectivity index (χ4n) is 2.24. The second-order valence-corrected chi connectivity index (χ2v) is 4.62. The Bertz CT molecular complexity index is 669. The average Bonchev–Trinajstić information content (AvgIpc) is 3.05. The minimum Gasteiger partial charge on any atom is -0.464 e. The lowest BCUT2D eigenvalue weighted by atomic mass is 10.1. The predicted molar refractivity (Wildman–Crippen MR) is 73.0 cm³/mol. The van der Waals surface area contributed by atoms with Crippen molar-refractivity contribution in [2.45, 2.75) is 19.3 Å². The summed E-state index contributed by atoms with van der Waals surface area (Å²) < 4.78 is 5.52. The zero-order valence-corrected chi connectivity index (χ0v) is 10.6. The summed E-state index contributed by atoms with van der Waals surface area (Å²) in [6, 6.07) is 8.00. The van der Waals surface area contributed by atoms with Gasteiger partial charge in [0.1, 0.15) is 11.4 Å². The molecule has 0 spiro atoms. The molecule has 0 saturated carbocycles. The van der Waals surface area contributed by atoms with Gasteiger partial charge in [0.05, 0.1) is 6.26 Å². The molecule has 0 bridgehead atoms. The van der Waals surface area contributed by atoms with Crippen molar-refractivity contribution in [3.8, 4) is 0 Å². The molecule has 2 aromatic heterocycles. The number of aliphatic hydroxyl groups is 1. The van der Waals surface area contributed by atoms with E-state index in [9.17, 15) is 0 Å². The first-order valence-electron chi connectivity index (χ1n) is 6.45. The van der Waals surface area contributed by atoms with E-state index in [-0.39, 0.29) is 6.61 Å². The van der Waals surface area contributed by atoms with Gasteiger partial charge in [-0.25, -0.2) is 4.98 Å². The molecule has 0 aliphatic heterocycles. The molecule has 0 unspecified atom stereocenters. The number of rotatable bonds is 5. The third kappa shape index (κ3) is 2.53. The van der Waals surface area contributed by atoms with E-state index in [1.165, 1.54) is 0 Å². The topological polar surface area (TPSA) is 62.1 Å². The summed E-state index contributed by atoms with van der Waals surface area (Å²) in [7, 11) is 0. The van der Waals surface area contributed by atoms with Crippen LogP contribution in [0.1, 0.15) is 23.5 Å². The van der Waals surface area contributed by atoms with E-state index in [0.717, 1.165) is 47.3 Å². The van der Waals surface area contributed by atoms with Gasteiger partial charge in [-0.15, -0.1) is 0 Å². The van der Waals surface area contributed by atoms with Crippen molar-refractivity contribution in [2.24, 2.45) is 0 Å². The number of hydrogen-bond donors (Lipinski definition) is 2. The second kappa shape index (κ2) is 5.28. The Hall–Kier alpha value is -2.07. The first kappa shape index (κ1) is 12.0. The van der Waals surface area contributed by atoms with Crippen molar-refractivity contribution in [3.63, 3.8) is 0 Å². The molecule has 4 nitrogen and oxygen atoms in total. The SMILES string of the molecule is OCCCc1cnc(Cc2coc3ccccc23)[nH]1. The molecule has 1 aromatic carbocycles. The molecule has 0 radical (unpaired) electrons. The highest BCUT2D eigenvalue weighted by Crippen LogP contribution is 2.22. The van der Waals surface area contributed by atoms with Crippen molar-refractivity contribution >= 4 is 11.0 Å². The summed E-state index contributed by atoms with van der Waals surface area (Å²) in [5.74, 6) is 0.930. The number of imidazole rings is 1. The molecule has 0 aliphatic carbocycles. The third-order valence-corrected chi connectivity index (χ3v) is 3.20. The van der Waals surface area contributed by atoms with E-state index >= 15 is 0 Å². The van der Waals surface area contributed by atoms with Gasteiger partial charge in [0.15, 0.2) is 0 Å². The van der Waals surface area contributed by atoms with Gasteiger partial charge in [0, 0.05) is 35.9 Å². The van der Waals surface area contributed by atoms with Gasteiger partial charge in [-0.2, -0.15) is 0 Å². The highest BCUT2D eigenvalue weighted by molar-refractivity contribution is 5.81. The summed E-state index contributed by atoms with van der Waals surface area (Å²) in [6.45, 7) is 0.209. The average molecular weight is 256 g/mol. The maximum Gasteiger partial charge on any atom is 0.134 e. The van der Waals surface area contributed by atoms with Crippen LogP contribution in [0.3, 0.4) is 0 Å². The van der Waals surface area contributed by atoms with Crippen LogP contribution in [0.25, 0.3) is 11.0 Å². The van der Waals surface area contributed by atoms with Crippen LogP contribution in [-0.2, 0) is 12.8 Å². The molecule has 0 amide bonds. The molecular weight excluding hydrogens is 240 g/mol. The van der Waals surface area contributed by atoms with Crippen molar-refractivity contribution in [1.82, 2.24) is 9.97 Å². The highest BCUT2D eigenvalue weighted by atomic mass is 16.3. The third-order valence-electron chi connectivity index (χ3n) is 3.20. The number of aryl methyl sites for hydroxylation is 1. The minimum absolute atomic E-state index is 0.209. The molecule has 4 heteroatoms. The molecule has 3 rings (SSSR count). The van der Waals surface area contributed by atoms with Gasteiger partial charge < -0.3 is 14.5 Å². The van der Waals surface area contributed by atoms with E-state index in [2.05, 4.69) is 16.0 Å². The number of H-pyrrole nitrogens is 1. The number of aliphatic hydroxyl groups excluding tert-OH is 1. The molecule has 19 heavy (non-hydrogen) atoms. The maximum atomic E-state index is 8.81. The van der Waals surface area contributed by atoms with Crippen molar-refractivity contribution in [2.75, 3.05) is 6.61 Å². The Morgan fingerprint density at radius 3 is 3.05 bits per heavy atom. The number of nitrogens with zero attached hydrogens (tertiary/aromatic N) is 1. The number of aromatic nitrogens is 2. The highest BCUT2D eigenvalue weighted by Gasteiger charge is 2.08. The molecule has 0 aliphatic rings. The van der Waals surface area contributed by atoms with Crippen LogP contribution in [0.4, 0.5) is 0 Å². The largest absolute Gasteiger partial charge is 0.464 e. The fourth-order valence-corrected chi connectivity index (χ4v) is 2.24. The number of hydrogen-bond acceptors (Lipinski definition) is 3. The molecule has 0 fully saturated rings. The zero-order chi connectivity index (χ0) is 13.1. The summed E-state index contributed by atoms with van der Waals surface area (Å²) >= 11 is 0. The lowest BCUT2D eigenvalue weighted by Gasteiger charge is -1.96. The van der Waals surface area contributed by atoms with Crippen LogP contribution in [0.15, 0.2) is 41.1 Å². The molecule has 0 saturated heterocycles. The molecule has 3 aromatic rings. The van der Waals surface area contributed by atoms with E-state index < -0.39 is 0 Å². The van der Waals surface area contributed by atoms with Crippen molar-refractivity contribution in [3.05, 3.63) is 53.8 Å². The van der Waals surface area contributed by atoms with Gasteiger partial charge in [-0.05, 0) is 18.9 Å². The molecule has 2 heterocycles. The number of benzene rings is 1. The number of aromatic amines is 1. The Morgan fingerprint density at radius 2 is 2.16 bits per heavy atom. The number of nitrogens with one attached hydrogen (secondary N) is 1. The van der Waals surface area contributed by atoms with Gasteiger partial charge in [-0.3, -0.25) is 0 Å². The Labute approximate surface area is 111 Å². The first-order chi connectivity index (χ1) is 9.36. The number of furan rings is 1. The number of fused-ring (bicyclic) bond motifs is 1. The van der Waals surface area contributed by atoms with Crippen LogP contribution < -0.4 is 0 Å². The second-order valence-electron chi connectivity index (χ2n) is 4.62. The van der Waals surface area contributed by atoms with Crippen LogP contribution in [-0.4, -0.2) is 21.7 Å². The van der Waals surface area contributed by atoms with Gasteiger partial charge in [-0.1, -0.05) is 18.2 Å². The lowest BCUT2D eigenvalue weighted by Crippen LogP contribution is -1.92. The maximum absolute atomic E-state index is 8.81. The first-order valence-corrected chi connectivity index (χ1v) is 6.45. The molecular formula is C15H16N2O2. The molecule has 98 valence electrons. The Kier molecular flexibility index (Phi) is 3.33. The van der Waals surface area contributed by atoms with Crippen LogP contribution in [0.2, 0.25) is 0 Å². The van der Waals surface area contributed by atoms with Gasteiger partial charge in [0.25, 0.3) is 0 Å². The van der Waals surface area contributed by atoms with E-state index in [1.807, 2.05) is 24.4 Å². The van der Waals surface area contributed by atoms with Crippen LogP contribution in [0, 0.1) is 0 Å². The summed E-state index contributed by atoms with van der Waals surface area (Å²) in [4.78, 5) is 7.66. The van der Waals surface area contributed by atoms with Crippen LogP contribution in [0.5, 0.6) is 0 Å². The quantitative estimate of drug-likeness (QED) is 0.737. The number of para-hydroxylation sites is 1. The molecule has 0 atom stereocenters. The Balaban J connectivity index is 1.79. The van der Waals surface area contributed by atoms with Crippen LogP contribution >= 0.6 is 0 Å². The molecule has 2 N–H and O–H groups in total. The van der Waals surface area contributed by atoms with Gasteiger partial charge >= 0.3 is 0 Å². The summed E-state index contributed by atoms with van der Waals surface area (Å²) in [5.41, 5.74) is 3.11. The smallest absolute Gasteiger partial charge is 0.134 e. The van der Waals surface area contributed by atoms with Crippen molar-refractivity contribution < 1.29 is 9.52 Å². The van der Waals surface area contributed by atoms with E-state index in [4.69, 9.17) is 9.52 Å². The summed E-state index contributed by atoms with van der Waals surface area (Å²) in [5, 5.41) is 9.95.